The number of aliphatic hydroxyl groups is 2. The van der Waals surface area contributed by atoms with Crippen molar-refractivity contribution in [2.45, 2.75) is 71.0 Å². The summed E-state index contributed by atoms with van der Waals surface area (Å²) in [6, 6.07) is 16.6. The fraction of sp³-hybridized carbons (Fsp3) is 0.440. The van der Waals surface area contributed by atoms with Gasteiger partial charge in [-0.25, -0.2) is 9.59 Å². The lowest BCUT2D eigenvalue weighted by atomic mass is 9.86. The molecule has 0 aromatic heterocycles. The van der Waals surface area contributed by atoms with Gasteiger partial charge in [-0.05, 0) is 43.5 Å². The minimum atomic E-state index is -0.879. The highest BCUT2D eigenvalue weighted by atomic mass is 16.4. The normalized spacial score (nSPS) is 11.3. The van der Waals surface area contributed by atoms with E-state index >= 15 is 0 Å². The summed E-state index contributed by atoms with van der Waals surface area (Å²) in [5, 5.41) is 36.4. The van der Waals surface area contributed by atoms with Crippen molar-refractivity contribution < 1.29 is 30.0 Å². The highest BCUT2D eigenvalue weighted by Gasteiger charge is 2.27. The maximum Gasteiger partial charge on any atom is 0.335 e. The molecule has 4 N–H and O–H groups in total. The van der Waals surface area contributed by atoms with Crippen LogP contribution in [-0.2, 0) is 0 Å². The zero-order valence-corrected chi connectivity index (χ0v) is 18.7. The number of carboxylic acid groups (broad SMARTS) is 2. The molecular formula is C25H36O6. The molecule has 0 spiro atoms. The van der Waals surface area contributed by atoms with Crippen LogP contribution in [0.15, 0.2) is 60.7 Å². The van der Waals surface area contributed by atoms with Crippen molar-refractivity contribution in [2.75, 3.05) is 0 Å². The Labute approximate surface area is 185 Å². The Bertz CT molecular complexity index is 675. The molecule has 0 bridgehead atoms. The van der Waals surface area contributed by atoms with Crippen molar-refractivity contribution in [3.8, 4) is 0 Å². The largest absolute Gasteiger partial charge is 0.478 e. The molecule has 0 amide bonds. The number of hydrogen-bond acceptors (Lipinski definition) is 4. The summed E-state index contributed by atoms with van der Waals surface area (Å²) in [6.45, 7) is 6.08. The lowest BCUT2D eigenvalue weighted by Crippen LogP contribution is -2.33. The predicted octanol–water partition coefficient (Wildman–Crippen LogP) is 5.25. The van der Waals surface area contributed by atoms with E-state index in [1.54, 1.807) is 60.7 Å². The molecule has 2 aromatic carbocycles. The van der Waals surface area contributed by atoms with Gasteiger partial charge in [0.25, 0.3) is 0 Å². The van der Waals surface area contributed by atoms with E-state index in [0.29, 0.717) is 17.5 Å². The fourth-order valence-corrected chi connectivity index (χ4v) is 3.00. The number of aliphatic hydroxyl groups excluding tert-OH is 1. The van der Waals surface area contributed by atoms with Gasteiger partial charge in [0.05, 0.1) is 22.8 Å². The molecule has 2 rings (SSSR count). The molecule has 2 aromatic rings. The second-order valence-electron chi connectivity index (χ2n) is 7.33. The molecule has 0 radical (unpaired) electrons. The van der Waals surface area contributed by atoms with E-state index in [9.17, 15) is 19.8 Å². The standard InChI is InChI=1S/C11H24O2.2C7H6O2/c1-4-7-11(13,8-5-2)9-10(12)6-3;2*8-7(9)6-4-2-1-3-5-6/h10,12-13H,4-9H2,1-3H3;2*1-5H,(H,8,9). The van der Waals surface area contributed by atoms with Crippen LogP contribution >= 0.6 is 0 Å². The summed E-state index contributed by atoms with van der Waals surface area (Å²) >= 11 is 0. The third-order valence-electron chi connectivity index (χ3n) is 4.56. The Hall–Kier alpha value is -2.70. The van der Waals surface area contributed by atoms with Gasteiger partial charge in [0.2, 0.25) is 0 Å². The van der Waals surface area contributed by atoms with Crippen molar-refractivity contribution in [1.82, 2.24) is 0 Å². The smallest absolute Gasteiger partial charge is 0.335 e. The second-order valence-corrected chi connectivity index (χ2v) is 7.33. The van der Waals surface area contributed by atoms with Gasteiger partial charge in [0.15, 0.2) is 0 Å². The van der Waals surface area contributed by atoms with Crippen molar-refractivity contribution >= 4 is 11.9 Å². The fourth-order valence-electron chi connectivity index (χ4n) is 3.00. The quantitative estimate of drug-likeness (QED) is 0.430. The average Bonchev–Trinajstić information content (AvgIpc) is 2.76. The summed E-state index contributed by atoms with van der Waals surface area (Å²) in [5.41, 5.74) is 0.0360. The first-order chi connectivity index (χ1) is 14.7. The lowest BCUT2D eigenvalue weighted by Gasteiger charge is -2.29. The van der Waals surface area contributed by atoms with Crippen LogP contribution in [0.2, 0.25) is 0 Å². The second kappa shape index (κ2) is 16.1. The third kappa shape index (κ3) is 13.3. The van der Waals surface area contributed by atoms with Gasteiger partial charge < -0.3 is 20.4 Å². The van der Waals surface area contributed by atoms with Crippen LogP contribution in [0.25, 0.3) is 0 Å². The van der Waals surface area contributed by atoms with E-state index in [-0.39, 0.29) is 6.10 Å². The average molecular weight is 433 g/mol. The summed E-state index contributed by atoms with van der Waals surface area (Å²) in [5.74, 6) is -1.76. The van der Waals surface area contributed by atoms with E-state index < -0.39 is 17.5 Å². The van der Waals surface area contributed by atoms with Crippen LogP contribution in [0.3, 0.4) is 0 Å². The first-order valence-corrected chi connectivity index (χ1v) is 10.7. The topological polar surface area (TPSA) is 115 Å². The Morgan fingerprint density at radius 1 is 0.774 bits per heavy atom. The van der Waals surface area contributed by atoms with Crippen LogP contribution in [0.5, 0.6) is 0 Å². The van der Waals surface area contributed by atoms with Crippen LogP contribution in [0.1, 0.15) is 80.0 Å². The molecular weight excluding hydrogens is 396 g/mol. The molecule has 6 heteroatoms. The van der Waals surface area contributed by atoms with Gasteiger partial charge in [0, 0.05) is 6.42 Å². The maximum absolute atomic E-state index is 10.2. The van der Waals surface area contributed by atoms with E-state index in [1.807, 2.05) is 6.92 Å². The van der Waals surface area contributed by atoms with Crippen molar-refractivity contribution in [1.29, 1.82) is 0 Å². The van der Waals surface area contributed by atoms with Gasteiger partial charge in [0.1, 0.15) is 0 Å². The van der Waals surface area contributed by atoms with Gasteiger partial charge in [-0.15, -0.1) is 0 Å². The van der Waals surface area contributed by atoms with Crippen LogP contribution in [0.4, 0.5) is 0 Å². The zero-order chi connectivity index (χ0) is 23.7. The highest BCUT2D eigenvalue weighted by molar-refractivity contribution is 5.87. The Morgan fingerprint density at radius 3 is 1.35 bits per heavy atom. The monoisotopic (exact) mass is 432 g/mol. The molecule has 0 aliphatic rings. The molecule has 1 unspecified atom stereocenters. The summed E-state index contributed by atoms with van der Waals surface area (Å²) in [6.07, 6.45) is 4.49. The van der Waals surface area contributed by atoms with E-state index in [0.717, 1.165) is 32.1 Å². The minimum Gasteiger partial charge on any atom is -0.478 e. The molecule has 6 nitrogen and oxygen atoms in total. The maximum atomic E-state index is 10.2. The number of rotatable bonds is 9. The van der Waals surface area contributed by atoms with E-state index in [1.165, 1.54) is 0 Å². The van der Waals surface area contributed by atoms with Gasteiger partial charge in [-0.2, -0.15) is 0 Å². The Morgan fingerprint density at radius 2 is 1.13 bits per heavy atom. The Kier molecular flexibility index (Phi) is 14.7. The van der Waals surface area contributed by atoms with Crippen LogP contribution in [-0.4, -0.2) is 44.1 Å². The molecule has 0 aliphatic heterocycles. The van der Waals surface area contributed by atoms with Gasteiger partial charge in [-0.1, -0.05) is 70.0 Å². The third-order valence-corrected chi connectivity index (χ3v) is 4.56. The van der Waals surface area contributed by atoms with Crippen molar-refractivity contribution in [3.05, 3.63) is 71.8 Å². The van der Waals surface area contributed by atoms with Gasteiger partial charge in [-0.3, -0.25) is 0 Å². The number of aromatic carboxylic acids is 2. The van der Waals surface area contributed by atoms with Crippen molar-refractivity contribution in [3.63, 3.8) is 0 Å². The molecule has 172 valence electrons. The molecule has 0 fully saturated rings. The molecule has 31 heavy (non-hydrogen) atoms. The molecule has 0 saturated carbocycles. The van der Waals surface area contributed by atoms with Crippen molar-refractivity contribution in [2.24, 2.45) is 0 Å². The van der Waals surface area contributed by atoms with E-state index in [2.05, 4.69) is 13.8 Å². The molecule has 0 heterocycles. The SMILES string of the molecule is CCCC(O)(CCC)CC(O)CC.O=C(O)c1ccccc1.O=C(O)c1ccccc1. The lowest BCUT2D eigenvalue weighted by molar-refractivity contribution is -0.0254. The predicted molar refractivity (Wildman–Crippen MR) is 122 cm³/mol. The number of benzene rings is 2. The summed E-state index contributed by atoms with van der Waals surface area (Å²) < 4.78 is 0. The van der Waals surface area contributed by atoms with Crippen LogP contribution < -0.4 is 0 Å². The first kappa shape index (κ1) is 28.3. The van der Waals surface area contributed by atoms with Gasteiger partial charge >= 0.3 is 11.9 Å². The minimum absolute atomic E-state index is 0.331. The molecule has 1 atom stereocenters. The zero-order valence-electron chi connectivity index (χ0n) is 18.7. The van der Waals surface area contributed by atoms with Crippen LogP contribution in [0, 0.1) is 0 Å². The summed E-state index contributed by atoms with van der Waals surface area (Å²) in [7, 11) is 0. The number of carbonyl (C=O) groups is 2. The highest BCUT2D eigenvalue weighted by Crippen LogP contribution is 2.25. The number of hydrogen-bond donors (Lipinski definition) is 4. The molecule has 0 aliphatic carbocycles. The Balaban J connectivity index is 0.000000445. The number of carboxylic acids is 2. The first-order valence-electron chi connectivity index (χ1n) is 10.7. The molecule has 0 saturated heterocycles. The summed E-state index contributed by atoms with van der Waals surface area (Å²) in [4.78, 5) is 20.4. The van der Waals surface area contributed by atoms with E-state index in [4.69, 9.17) is 10.2 Å².